The first kappa shape index (κ1) is 74.0. The molecule has 0 aliphatic heterocycles. The minimum Gasteiger partial charge on any atom is -0.462 e. The van der Waals surface area contributed by atoms with Gasteiger partial charge in [-0.15, -0.1) is 0 Å². The Morgan fingerprint density at radius 2 is 0.506 bits per heavy atom. The third kappa shape index (κ3) is 63.7. The van der Waals surface area contributed by atoms with Crippen molar-refractivity contribution < 1.29 is 28.6 Å². The van der Waals surface area contributed by atoms with Crippen LogP contribution in [0, 0.1) is 0 Å². The maximum atomic E-state index is 12.9. The van der Waals surface area contributed by atoms with Crippen LogP contribution in [0.2, 0.25) is 0 Å². The van der Waals surface area contributed by atoms with Gasteiger partial charge in [-0.2, -0.15) is 0 Å². The summed E-state index contributed by atoms with van der Waals surface area (Å²) >= 11 is 0. The van der Waals surface area contributed by atoms with Gasteiger partial charge in [0.15, 0.2) is 6.10 Å². The second-order valence-corrected chi connectivity index (χ2v) is 20.6. The van der Waals surface area contributed by atoms with Crippen molar-refractivity contribution in [2.75, 3.05) is 13.2 Å². The van der Waals surface area contributed by atoms with Crippen molar-refractivity contribution >= 4 is 17.9 Å². The van der Waals surface area contributed by atoms with Crippen LogP contribution in [0.25, 0.3) is 0 Å². The Morgan fingerprint density at radius 3 is 0.823 bits per heavy atom. The molecule has 1 unspecified atom stereocenters. The van der Waals surface area contributed by atoms with Gasteiger partial charge in [-0.05, 0) is 122 Å². The standard InChI is InChI=1S/C73H116O6/c1-4-7-10-13-16-19-22-25-27-29-31-32-33-34-35-36-37-38-39-40-42-43-45-48-51-54-57-60-63-66-72(75)78-69-70(68-77-71(74)65-62-59-56-53-50-47-24-21-18-15-12-9-6-3)79-73(76)67-64-61-58-55-52-49-46-44-41-30-28-26-23-20-17-14-11-8-5-2/h7-8,10-11,16-17,19-20,25-28,31-32,34-35,37-38,40-42,44-45,48,54,57,70H,4-6,9,12-15,18,21-24,29-30,33,36,39,43,46-47,49-53,55-56,58-69H2,1-3H3/b10-7-,11-8-,19-16-,20-17-,27-25-,28-26-,32-31-,35-34-,38-37-,42-40-,44-41-,48-45-,57-54-. The predicted molar refractivity (Wildman–Crippen MR) is 343 cm³/mol. The summed E-state index contributed by atoms with van der Waals surface area (Å²) < 4.78 is 16.9. The lowest BCUT2D eigenvalue weighted by Gasteiger charge is -2.18. The molecule has 0 aromatic rings. The lowest BCUT2D eigenvalue weighted by molar-refractivity contribution is -0.167. The van der Waals surface area contributed by atoms with E-state index in [1.54, 1.807) is 0 Å². The molecule has 1 atom stereocenters. The zero-order valence-corrected chi connectivity index (χ0v) is 50.8. The highest BCUT2D eigenvalue weighted by Crippen LogP contribution is 2.15. The van der Waals surface area contributed by atoms with Crippen LogP contribution in [0.15, 0.2) is 158 Å². The number of hydrogen-bond acceptors (Lipinski definition) is 6. The van der Waals surface area contributed by atoms with Crippen LogP contribution < -0.4 is 0 Å². The summed E-state index contributed by atoms with van der Waals surface area (Å²) in [5, 5.41) is 0. The maximum absolute atomic E-state index is 12.9. The van der Waals surface area contributed by atoms with E-state index in [9.17, 15) is 14.4 Å². The summed E-state index contributed by atoms with van der Waals surface area (Å²) in [5.41, 5.74) is 0. The highest BCUT2D eigenvalue weighted by Gasteiger charge is 2.19. The Bertz CT molecular complexity index is 1780. The topological polar surface area (TPSA) is 78.9 Å². The summed E-state index contributed by atoms with van der Waals surface area (Å²) in [6.07, 6.45) is 95.3. The largest absolute Gasteiger partial charge is 0.462 e. The van der Waals surface area contributed by atoms with E-state index in [0.29, 0.717) is 19.3 Å². The number of hydrogen-bond donors (Lipinski definition) is 0. The number of unbranched alkanes of at least 4 members (excludes halogenated alkanes) is 19. The SMILES string of the molecule is CC/C=C\C/C=C\C/C=C\C/C=C\C/C=C\C/C=C\C/C=C\C/C=C\C/C=C\CCCC(=O)OCC(COC(=O)CCCCCCCCCCCCCCC)OC(=O)CCCCCCCC/C=C\C/C=C\C/C=C\C/C=C\CC. The third-order valence-electron chi connectivity index (χ3n) is 13.0. The monoisotopic (exact) mass is 1090 g/mol. The Labute approximate surface area is 486 Å². The van der Waals surface area contributed by atoms with Gasteiger partial charge in [-0.1, -0.05) is 281 Å². The predicted octanol–water partition coefficient (Wildman–Crippen LogP) is 22.1. The zero-order chi connectivity index (χ0) is 57.1. The van der Waals surface area contributed by atoms with Crippen LogP contribution in [0.1, 0.15) is 265 Å². The molecule has 0 aromatic carbocycles. The molecule has 79 heavy (non-hydrogen) atoms. The molecule has 0 spiro atoms. The average molecular weight is 1090 g/mol. The van der Waals surface area contributed by atoms with Gasteiger partial charge >= 0.3 is 17.9 Å². The molecule has 0 aliphatic carbocycles. The number of esters is 3. The van der Waals surface area contributed by atoms with Crippen LogP contribution in [-0.2, 0) is 28.6 Å². The highest BCUT2D eigenvalue weighted by atomic mass is 16.6. The van der Waals surface area contributed by atoms with Crippen molar-refractivity contribution in [1.29, 1.82) is 0 Å². The van der Waals surface area contributed by atoms with E-state index in [0.717, 1.165) is 141 Å². The van der Waals surface area contributed by atoms with Crippen LogP contribution in [-0.4, -0.2) is 37.2 Å². The van der Waals surface area contributed by atoms with Crippen LogP contribution in [0.4, 0.5) is 0 Å². The molecule has 0 radical (unpaired) electrons. The molecule has 0 fully saturated rings. The van der Waals surface area contributed by atoms with Crippen LogP contribution in [0.5, 0.6) is 0 Å². The van der Waals surface area contributed by atoms with Gasteiger partial charge in [0.2, 0.25) is 0 Å². The summed E-state index contributed by atoms with van der Waals surface area (Å²) in [6.45, 7) is 6.35. The Hall–Kier alpha value is -4.97. The number of ether oxygens (including phenoxy) is 3. The fraction of sp³-hybridized carbons (Fsp3) is 0.603. The zero-order valence-electron chi connectivity index (χ0n) is 50.8. The highest BCUT2D eigenvalue weighted by molar-refractivity contribution is 5.71. The normalized spacial score (nSPS) is 13.2. The molecular weight excluding hydrogens is 973 g/mol. The van der Waals surface area contributed by atoms with E-state index in [-0.39, 0.29) is 37.5 Å². The van der Waals surface area contributed by atoms with E-state index in [2.05, 4.69) is 179 Å². The van der Waals surface area contributed by atoms with E-state index in [1.807, 2.05) is 0 Å². The summed E-state index contributed by atoms with van der Waals surface area (Å²) in [7, 11) is 0. The van der Waals surface area contributed by atoms with Gasteiger partial charge in [0.1, 0.15) is 13.2 Å². The minimum atomic E-state index is -0.816. The van der Waals surface area contributed by atoms with Gasteiger partial charge < -0.3 is 14.2 Å². The summed E-state index contributed by atoms with van der Waals surface area (Å²) in [4.78, 5) is 38.3. The molecule has 0 aliphatic rings. The molecule has 0 saturated carbocycles. The quantitative estimate of drug-likeness (QED) is 0.0261. The summed E-state index contributed by atoms with van der Waals surface area (Å²) in [6, 6.07) is 0. The van der Waals surface area contributed by atoms with Gasteiger partial charge in [-0.3, -0.25) is 14.4 Å². The Balaban J connectivity index is 4.48. The molecular formula is C73H116O6. The van der Waals surface area contributed by atoms with Crippen molar-refractivity contribution in [2.45, 2.75) is 271 Å². The van der Waals surface area contributed by atoms with E-state index in [4.69, 9.17) is 14.2 Å². The van der Waals surface area contributed by atoms with Gasteiger partial charge in [0.25, 0.3) is 0 Å². The maximum Gasteiger partial charge on any atom is 0.306 e. The Kier molecular flexibility index (Phi) is 61.4. The second-order valence-electron chi connectivity index (χ2n) is 20.6. The van der Waals surface area contributed by atoms with Gasteiger partial charge in [-0.25, -0.2) is 0 Å². The van der Waals surface area contributed by atoms with Gasteiger partial charge in [0.05, 0.1) is 0 Å². The van der Waals surface area contributed by atoms with Crippen molar-refractivity contribution in [3.05, 3.63) is 158 Å². The molecule has 0 rings (SSSR count). The molecule has 0 aromatic heterocycles. The molecule has 0 bridgehead atoms. The minimum absolute atomic E-state index is 0.106. The van der Waals surface area contributed by atoms with Crippen molar-refractivity contribution in [3.8, 4) is 0 Å². The first-order valence-electron chi connectivity index (χ1n) is 32.0. The second kappa shape index (κ2) is 65.5. The average Bonchev–Trinajstić information content (AvgIpc) is 3.45. The molecule has 6 nitrogen and oxygen atoms in total. The number of carbonyl (C=O) groups is 3. The third-order valence-corrected chi connectivity index (χ3v) is 13.0. The summed E-state index contributed by atoms with van der Waals surface area (Å²) in [5.74, 6) is -0.984. The number of allylic oxidation sites excluding steroid dienone is 26. The Morgan fingerprint density at radius 1 is 0.266 bits per heavy atom. The van der Waals surface area contributed by atoms with E-state index < -0.39 is 6.10 Å². The van der Waals surface area contributed by atoms with Crippen molar-refractivity contribution in [2.24, 2.45) is 0 Å². The van der Waals surface area contributed by atoms with Gasteiger partial charge in [0, 0.05) is 19.3 Å². The van der Waals surface area contributed by atoms with E-state index >= 15 is 0 Å². The molecule has 0 heterocycles. The lowest BCUT2D eigenvalue weighted by Crippen LogP contribution is -2.30. The number of carbonyl (C=O) groups excluding carboxylic acids is 3. The molecule has 6 heteroatoms. The smallest absolute Gasteiger partial charge is 0.306 e. The lowest BCUT2D eigenvalue weighted by atomic mass is 10.0. The first-order chi connectivity index (χ1) is 39.0. The molecule has 0 amide bonds. The molecule has 0 N–H and O–H groups in total. The first-order valence-corrected chi connectivity index (χ1v) is 32.0. The number of rotatable bonds is 56. The molecule has 444 valence electrons. The fourth-order valence-electron chi connectivity index (χ4n) is 8.32. The van der Waals surface area contributed by atoms with Crippen LogP contribution in [0.3, 0.4) is 0 Å². The fourth-order valence-corrected chi connectivity index (χ4v) is 8.32. The van der Waals surface area contributed by atoms with E-state index in [1.165, 1.54) is 77.0 Å². The van der Waals surface area contributed by atoms with Crippen LogP contribution >= 0.6 is 0 Å². The molecule has 0 saturated heterocycles. The van der Waals surface area contributed by atoms with Crippen molar-refractivity contribution in [3.63, 3.8) is 0 Å². The van der Waals surface area contributed by atoms with Crippen molar-refractivity contribution in [1.82, 2.24) is 0 Å².